The summed E-state index contributed by atoms with van der Waals surface area (Å²) in [5, 5.41) is 0.307. The molecule has 1 aromatic carbocycles. The lowest BCUT2D eigenvalue weighted by Crippen LogP contribution is -2.57. The van der Waals surface area contributed by atoms with Gasteiger partial charge in [0.1, 0.15) is 18.0 Å². The fourth-order valence-corrected chi connectivity index (χ4v) is 2.32. The number of alkyl halides is 2. The Morgan fingerprint density at radius 3 is 2.29 bits per heavy atom. The van der Waals surface area contributed by atoms with E-state index < -0.39 is 21.9 Å². The Bertz CT molecular complexity index is 548. The third-order valence-corrected chi connectivity index (χ3v) is 4.21. The summed E-state index contributed by atoms with van der Waals surface area (Å²) in [5.74, 6) is -1.42. The van der Waals surface area contributed by atoms with E-state index in [9.17, 15) is 9.59 Å². The van der Waals surface area contributed by atoms with Crippen LogP contribution in [-0.2, 0) is 14.4 Å². The molecule has 0 fully saturated rings. The van der Waals surface area contributed by atoms with Crippen molar-refractivity contribution in [2.24, 2.45) is 5.41 Å². The van der Waals surface area contributed by atoms with Crippen molar-refractivity contribution in [2.45, 2.75) is 13.8 Å². The molecule has 0 aliphatic rings. The number of para-hydroxylation sites is 1. The van der Waals surface area contributed by atoms with Gasteiger partial charge in [-0.2, -0.15) is 0 Å². The second-order valence-corrected chi connectivity index (χ2v) is 6.24. The van der Waals surface area contributed by atoms with Crippen molar-refractivity contribution in [1.82, 2.24) is 4.65 Å². The van der Waals surface area contributed by atoms with Gasteiger partial charge < -0.3 is 0 Å². The third-order valence-electron chi connectivity index (χ3n) is 3.01. The van der Waals surface area contributed by atoms with Crippen LogP contribution in [0.15, 0.2) is 24.3 Å². The van der Waals surface area contributed by atoms with Crippen molar-refractivity contribution in [3.63, 3.8) is 0 Å². The maximum atomic E-state index is 12.8. The van der Waals surface area contributed by atoms with Gasteiger partial charge in [0, 0.05) is 11.9 Å². The second-order valence-electron chi connectivity index (χ2n) is 5.30. The van der Waals surface area contributed by atoms with Crippen molar-refractivity contribution in [3.05, 3.63) is 29.3 Å². The van der Waals surface area contributed by atoms with Crippen LogP contribution in [0, 0.1) is 5.41 Å². The normalized spacial score (nSPS) is 14.4. The number of quaternary nitrogens is 1. The molecule has 0 aromatic heterocycles. The van der Waals surface area contributed by atoms with Gasteiger partial charge in [-0.25, -0.2) is 9.59 Å². The molecule has 0 bridgehead atoms. The Morgan fingerprint density at radius 2 is 1.81 bits per heavy atom. The number of rotatable bonds is 4. The lowest BCUT2D eigenvalue weighted by molar-refractivity contribution is -0.191. The van der Waals surface area contributed by atoms with Crippen LogP contribution in [0.3, 0.4) is 0 Å². The molecule has 1 rings (SSSR count). The minimum absolute atomic E-state index is 0.0720. The molecule has 0 heterocycles. The molecule has 1 atom stereocenters. The first-order chi connectivity index (χ1) is 9.69. The largest absolute Gasteiger partial charge is 0.382 e. The molecule has 0 spiro atoms. The highest BCUT2D eigenvalue weighted by Crippen LogP contribution is 2.35. The summed E-state index contributed by atoms with van der Waals surface area (Å²) in [7, 11) is 1.45. The molecule has 21 heavy (non-hydrogen) atoms. The molecular formula is C14H17Cl3NO3+. The van der Waals surface area contributed by atoms with E-state index in [0.29, 0.717) is 10.7 Å². The Kier molecular flexibility index (Phi) is 6.05. The zero-order valence-electron chi connectivity index (χ0n) is 12.0. The first-order valence-corrected chi connectivity index (χ1v) is 7.64. The smallest absolute Gasteiger partial charge is 0.262 e. The molecule has 0 saturated carbocycles. The van der Waals surface area contributed by atoms with E-state index in [1.54, 1.807) is 38.1 Å². The van der Waals surface area contributed by atoms with Gasteiger partial charge in [-0.3, -0.25) is 4.84 Å². The first-order valence-electron chi connectivity index (χ1n) is 6.20. The van der Waals surface area contributed by atoms with Gasteiger partial charge in [-0.15, -0.1) is 23.2 Å². The van der Waals surface area contributed by atoms with Gasteiger partial charge in [0.05, 0.1) is 5.41 Å². The van der Waals surface area contributed by atoms with Gasteiger partial charge in [0.25, 0.3) is 0 Å². The van der Waals surface area contributed by atoms with Gasteiger partial charge >= 0.3 is 11.9 Å². The Balaban J connectivity index is 3.40. The number of carbonyl (C=O) groups excluding carboxylic acids is 2. The molecule has 0 aliphatic carbocycles. The van der Waals surface area contributed by atoms with Crippen molar-refractivity contribution in [2.75, 3.05) is 18.8 Å². The fourth-order valence-electron chi connectivity index (χ4n) is 1.86. The number of hydrogen-bond donors (Lipinski definition) is 0. The Morgan fingerprint density at radius 1 is 1.24 bits per heavy atom. The summed E-state index contributed by atoms with van der Waals surface area (Å²) >= 11 is 17.5. The molecular weight excluding hydrogens is 337 g/mol. The molecule has 1 aromatic rings. The van der Waals surface area contributed by atoms with Gasteiger partial charge in [-0.05, 0) is 24.6 Å². The predicted octanol–water partition coefficient (Wildman–Crippen LogP) is 3.77. The van der Waals surface area contributed by atoms with Crippen molar-refractivity contribution < 1.29 is 14.4 Å². The molecule has 0 N–H and O–H groups in total. The van der Waals surface area contributed by atoms with E-state index in [1.165, 1.54) is 7.05 Å². The average molecular weight is 354 g/mol. The monoisotopic (exact) mass is 352 g/mol. The Labute approximate surface area is 139 Å². The number of benzene rings is 1. The minimum atomic E-state index is -0.915. The molecule has 1 unspecified atom stereocenters. The van der Waals surface area contributed by atoms with Crippen LogP contribution in [0.2, 0.25) is 5.02 Å². The lowest BCUT2D eigenvalue weighted by atomic mass is 9.94. The van der Waals surface area contributed by atoms with Gasteiger partial charge in [-0.1, -0.05) is 23.7 Å². The average Bonchev–Trinajstić information content (AvgIpc) is 2.46. The van der Waals surface area contributed by atoms with E-state index in [-0.39, 0.29) is 11.8 Å². The summed E-state index contributed by atoms with van der Waals surface area (Å²) in [6, 6.07) is 6.65. The zero-order chi connectivity index (χ0) is 16.3. The SMILES string of the molecule is CC(C)(CCl)C(=O)[N+](C)(OC(=O)CCl)c1ccccc1Cl. The predicted molar refractivity (Wildman–Crippen MR) is 85.5 cm³/mol. The quantitative estimate of drug-likeness (QED) is 0.470. The Hall–Kier alpha value is -0.810. The van der Waals surface area contributed by atoms with Crippen LogP contribution >= 0.6 is 34.8 Å². The van der Waals surface area contributed by atoms with Crippen molar-refractivity contribution in [1.29, 1.82) is 0 Å². The van der Waals surface area contributed by atoms with Gasteiger partial charge in [0.15, 0.2) is 0 Å². The number of hydrogen-bond acceptors (Lipinski definition) is 3. The summed E-state index contributed by atoms with van der Waals surface area (Å²) in [6.45, 7) is 3.34. The van der Waals surface area contributed by atoms with Crippen molar-refractivity contribution >= 4 is 52.4 Å². The molecule has 116 valence electrons. The summed E-state index contributed by atoms with van der Waals surface area (Å²) < 4.78 is -0.745. The molecule has 0 radical (unpaired) electrons. The maximum absolute atomic E-state index is 12.8. The van der Waals surface area contributed by atoms with E-state index in [4.69, 9.17) is 39.6 Å². The van der Waals surface area contributed by atoms with Crippen LogP contribution in [0.1, 0.15) is 13.8 Å². The standard InChI is InChI=1S/C14H17Cl3NO3/c1-14(2,9-16)13(20)18(3,21-12(19)8-15)11-7-5-4-6-10(11)17/h4-7H,8-9H2,1-3H3/q+1. The highest BCUT2D eigenvalue weighted by Gasteiger charge is 2.49. The van der Waals surface area contributed by atoms with E-state index in [1.807, 2.05) is 0 Å². The fraction of sp³-hybridized carbons (Fsp3) is 0.429. The highest BCUT2D eigenvalue weighted by molar-refractivity contribution is 6.33. The maximum Gasteiger partial charge on any atom is 0.382 e. The van der Waals surface area contributed by atoms with Gasteiger partial charge in [0.2, 0.25) is 5.69 Å². The summed E-state index contributed by atoms with van der Waals surface area (Å²) in [5.41, 5.74) is -0.567. The van der Waals surface area contributed by atoms with Crippen LogP contribution in [0.25, 0.3) is 0 Å². The second kappa shape index (κ2) is 6.97. The molecule has 0 aliphatic heterocycles. The first kappa shape index (κ1) is 18.2. The molecule has 4 nitrogen and oxygen atoms in total. The topological polar surface area (TPSA) is 43.4 Å². The summed E-state index contributed by atoms with van der Waals surface area (Å²) in [6.07, 6.45) is 0. The number of amides is 1. The highest BCUT2D eigenvalue weighted by atomic mass is 35.5. The molecule has 0 saturated heterocycles. The summed E-state index contributed by atoms with van der Waals surface area (Å²) in [4.78, 5) is 29.7. The zero-order valence-corrected chi connectivity index (χ0v) is 14.3. The molecule has 1 amide bonds. The number of hydroxylamine groups is 2. The van der Waals surface area contributed by atoms with Crippen LogP contribution in [-0.4, -0.2) is 30.7 Å². The van der Waals surface area contributed by atoms with E-state index in [0.717, 1.165) is 0 Å². The van der Waals surface area contributed by atoms with Crippen LogP contribution < -0.4 is 4.65 Å². The number of nitrogens with zero attached hydrogens (tertiary/aromatic N) is 1. The minimum Gasteiger partial charge on any atom is -0.262 e. The van der Waals surface area contributed by atoms with E-state index in [2.05, 4.69) is 0 Å². The lowest BCUT2D eigenvalue weighted by Gasteiger charge is -2.33. The van der Waals surface area contributed by atoms with E-state index >= 15 is 0 Å². The third kappa shape index (κ3) is 3.89. The van der Waals surface area contributed by atoms with Crippen molar-refractivity contribution in [3.8, 4) is 0 Å². The van der Waals surface area contributed by atoms with Crippen LogP contribution in [0.5, 0.6) is 0 Å². The number of halogens is 3. The number of carbonyl (C=O) groups is 2. The van der Waals surface area contributed by atoms with Crippen LogP contribution in [0.4, 0.5) is 5.69 Å². The molecule has 7 heteroatoms.